The van der Waals surface area contributed by atoms with E-state index in [2.05, 4.69) is 5.32 Å². The largest absolute Gasteiger partial charge is 0.449 e. The Labute approximate surface area is 84.6 Å². The number of amides is 1. The van der Waals surface area contributed by atoms with E-state index in [9.17, 15) is 4.79 Å². The Morgan fingerprint density at radius 3 is 2.43 bits per heavy atom. The van der Waals surface area contributed by atoms with Crippen LogP contribution in [0.2, 0.25) is 0 Å². The van der Waals surface area contributed by atoms with E-state index >= 15 is 0 Å². The quantitative estimate of drug-likeness (QED) is 0.723. The van der Waals surface area contributed by atoms with E-state index < -0.39 is 6.09 Å². The molecule has 4 heteroatoms. The molecule has 1 amide bonds. The zero-order valence-corrected chi connectivity index (χ0v) is 9.09. The molecule has 4 nitrogen and oxygen atoms in total. The van der Waals surface area contributed by atoms with Gasteiger partial charge >= 0.3 is 6.09 Å². The molecule has 0 heterocycles. The molecule has 0 saturated heterocycles. The van der Waals surface area contributed by atoms with E-state index in [0.29, 0.717) is 6.61 Å². The molecular weight excluding hydrogens is 182 g/mol. The van der Waals surface area contributed by atoms with Crippen LogP contribution in [-0.4, -0.2) is 30.0 Å². The molecule has 82 valence electrons. The number of hydrogen-bond acceptors (Lipinski definition) is 3. The van der Waals surface area contributed by atoms with Crippen LogP contribution in [-0.2, 0) is 4.74 Å². The van der Waals surface area contributed by atoms with E-state index in [4.69, 9.17) is 9.84 Å². The second-order valence-electron chi connectivity index (χ2n) is 5.11. The van der Waals surface area contributed by atoms with Gasteiger partial charge in [-0.15, -0.1) is 0 Å². The number of ether oxygens (including phenoxy) is 1. The van der Waals surface area contributed by atoms with Gasteiger partial charge in [-0.2, -0.15) is 0 Å². The van der Waals surface area contributed by atoms with E-state index in [1.807, 2.05) is 20.8 Å². The number of nitrogens with one attached hydrogen (secondary N) is 1. The van der Waals surface area contributed by atoms with Crippen molar-refractivity contribution < 1.29 is 14.6 Å². The molecule has 1 rings (SSSR count). The lowest BCUT2D eigenvalue weighted by molar-refractivity contribution is 0.0889. The third-order valence-corrected chi connectivity index (χ3v) is 2.28. The van der Waals surface area contributed by atoms with Gasteiger partial charge in [0.1, 0.15) is 6.61 Å². The minimum Gasteiger partial charge on any atom is -0.449 e. The van der Waals surface area contributed by atoms with Crippen LogP contribution >= 0.6 is 0 Å². The number of alkyl carbamates (subject to hydrolysis) is 1. The van der Waals surface area contributed by atoms with Crippen molar-refractivity contribution >= 4 is 6.09 Å². The van der Waals surface area contributed by atoms with Crippen molar-refractivity contribution in [3.63, 3.8) is 0 Å². The third kappa shape index (κ3) is 3.54. The number of rotatable bonds is 3. The Balaban J connectivity index is 2.22. The molecule has 1 saturated carbocycles. The maximum Gasteiger partial charge on any atom is 0.407 e. The van der Waals surface area contributed by atoms with E-state index in [1.165, 1.54) is 0 Å². The van der Waals surface area contributed by atoms with Crippen molar-refractivity contribution in [2.45, 2.75) is 39.2 Å². The number of aliphatic hydroxyl groups is 1. The summed E-state index contributed by atoms with van der Waals surface area (Å²) in [6.45, 7) is 6.12. The summed E-state index contributed by atoms with van der Waals surface area (Å²) in [5.41, 5.74) is -0.401. The first-order valence-corrected chi connectivity index (χ1v) is 4.93. The molecule has 0 aromatic heterocycles. The van der Waals surface area contributed by atoms with Gasteiger partial charge in [-0.05, 0) is 33.6 Å². The van der Waals surface area contributed by atoms with E-state index in [-0.39, 0.29) is 17.6 Å². The predicted octanol–water partition coefficient (Wildman–Crippen LogP) is 1.28. The topological polar surface area (TPSA) is 58.6 Å². The number of aliphatic hydroxyl groups excluding tert-OH is 1. The van der Waals surface area contributed by atoms with Gasteiger partial charge in [-0.25, -0.2) is 4.79 Å². The van der Waals surface area contributed by atoms with Crippen molar-refractivity contribution in [1.29, 1.82) is 0 Å². The standard InChI is InChI=1S/C10H19NO3/c1-9(2,3)11-8(13)14-7-10(6-12)4-5-10/h12H,4-7H2,1-3H3,(H,11,13). The van der Waals surface area contributed by atoms with Crippen LogP contribution in [0.4, 0.5) is 4.79 Å². The van der Waals surface area contributed by atoms with Gasteiger partial charge in [0, 0.05) is 11.0 Å². The Morgan fingerprint density at radius 2 is 2.07 bits per heavy atom. The Kier molecular flexibility index (Phi) is 3.04. The van der Waals surface area contributed by atoms with Crippen molar-refractivity contribution in [1.82, 2.24) is 5.32 Å². The second-order valence-corrected chi connectivity index (χ2v) is 5.11. The summed E-state index contributed by atoms with van der Waals surface area (Å²) in [6, 6.07) is 0. The summed E-state index contributed by atoms with van der Waals surface area (Å²) in [7, 11) is 0. The Hall–Kier alpha value is -0.770. The monoisotopic (exact) mass is 201 g/mol. The van der Waals surface area contributed by atoms with E-state index in [0.717, 1.165) is 12.8 Å². The highest BCUT2D eigenvalue weighted by molar-refractivity contribution is 5.68. The summed E-state index contributed by atoms with van der Waals surface area (Å²) in [4.78, 5) is 11.2. The van der Waals surface area contributed by atoms with Crippen LogP contribution < -0.4 is 5.32 Å². The first-order valence-electron chi connectivity index (χ1n) is 4.93. The molecule has 0 unspecified atom stereocenters. The summed E-state index contributed by atoms with van der Waals surface area (Å²) in [5, 5.41) is 11.7. The van der Waals surface area contributed by atoms with E-state index in [1.54, 1.807) is 0 Å². The Bertz CT molecular complexity index is 216. The minimum atomic E-state index is -0.405. The first kappa shape index (κ1) is 11.3. The minimum absolute atomic E-state index is 0.107. The van der Waals surface area contributed by atoms with Crippen LogP contribution in [0.1, 0.15) is 33.6 Å². The van der Waals surface area contributed by atoms with Crippen molar-refractivity contribution in [3.05, 3.63) is 0 Å². The zero-order chi connectivity index (χ0) is 10.8. The Morgan fingerprint density at radius 1 is 1.50 bits per heavy atom. The molecule has 0 aliphatic heterocycles. The predicted molar refractivity (Wildman–Crippen MR) is 53.0 cm³/mol. The fourth-order valence-electron chi connectivity index (χ4n) is 1.09. The van der Waals surface area contributed by atoms with Crippen molar-refractivity contribution in [2.75, 3.05) is 13.2 Å². The molecule has 0 aromatic rings. The lowest BCUT2D eigenvalue weighted by Crippen LogP contribution is -2.41. The highest BCUT2D eigenvalue weighted by atomic mass is 16.5. The van der Waals surface area contributed by atoms with Gasteiger partial charge in [-0.1, -0.05) is 0 Å². The van der Waals surface area contributed by atoms with Crippen molar-refractivity contribution in [3.8, 4) is 0 Å². The molecular formula is C10H19NO3. The lowest BCUT2D eigenvalue weighted by atomic mass is 10.1. The fraction of sp³-hybridized carbons (Fsp3) is 0.900. The molecule has 1 aliphatic carbocycles. The number of carbonyl (C=O) groups is 1. The van der Waals surface area contributed by atoms with Gasteiger partial charge in [0.25, 0.3) is 0 Å². The number of carbonyl (C=O) groups excluding carboxylic acids is 1. The summed E-state index contributed by atoms with van der Waals surface area (Å²) in [5.74, 6) is 0. The van der Waals surface area contributed by atoms with Gasteiger partial charge in [0.2, 0.25) is 0 Å². The van der Waals surface area contributed by atoms with Crippen LogP contribution in [0.5, 0.6) is 0 Å². The average molecular weight is 201 g/mol. The average Bonchev–Trinajstić information content (AvgIpc) is 2.78. The summed E-state index contributed by atoms with van der Waals surface area (Å²) < 4.78 is 5.03. The van der Waals surface area contributed by atoms with Crippen LogP contribution in [0, 0.1) is 5.41 Å². The fourth-order valence-corrected chi connectivity index (χ4v) is 1.09. The molecule has 0 bridgehead atoms. The zero-order valence-electron chi connectivity index (χ0n) is 9.09. The van der Waals surface area contributed by atoms with Gasteiger partial charge in [0.05, 0.1) is 6.61 Å². The first-order chi connectivity index (χ1) is 6.37. The molecule has 0 spiro atoms. The normalized spacial score (nSPS) is 18.9. The highest BCUT2D eigenvalue weighted by Gasteiger charge is 2.43. The number of hydrogen-bond donors (Lipinski definition) is 2. The second kappa shape index (κ2) is 3.77. The van der Waals surface area contributed by atoms with Crippen molar-refractivity contribution in [2.24, 2.45) is 5.41 Å². The van der Waals surface area contributed by atoms with Gasteiger partial charge in [-0.3, -0.25) is 0 Å². The third-order valence-electron chi connectivity index (χ3n) is 2.28. The van der Waals surface area contributed by atoms with Crippen LogP contribution in [0.25, 0.3) is 0 Å². The molecule has 1 aliphatic rings. The maximum atomic E-state index is 11.2. The summed E-state index contributed by atoms with van der Waals surface area (Å²) >= 11 is 0. The van der Waals surface area contributed by atoms with Gasteiger partial charge < -0.3 is 15.2 Å². The maximum absolute atomic E-state index is 11.2. The molecule has 0 atom stereocenters. The van der Waals surface area contributed by atoms with Crippen LogP contribution in [0.15, 0.2) is 0 Å². The molecule has 0 radical (unpaired) electrons. The molecule has 0 aromatic carbocycles. The molecule has 14 heavy (non-hydrogen) atoms. The highest BCUT2D eigenvalue weighted by Crippen LogP contribution is 2.45. The molecule has 1 fully saturated rings. The summed E-state index contributed by atoms with van der Waals surface area (Å²) in [6.07, 6.45) is 1.50. The lowest BCUT2D eigenvalue weighted by Gasteiger charge is -2.21. The molecule has 2 N–H and O–H groups in total. The smallest absolute Gasteiger partial charge is 0.407 e. The SMILES string of the molecule is CC(C)(C)NC(=O)OCC1(CO)CC1. The van der Waals surface area contributed by atoms with Gasteiger partial charge in [0.15, 0.2) is 0 Å². The van der Waals surface area contributed by atoms with Crippen LogP contribution in [0.3, 0.4) is 0 Å².